The first-order chi connectivity index (χ1) is 13.1. The molecule has 8 nitrogen and oxygen atoms in total. The highest BCUT2D eigenvalue weighted by Crippen LogP contribution is 2.30. The third-order valence-corrected chi connectivity index (χ3v) is 5.58. The van der Waals surface area contributed by atoms with E-state index in [9.17, 15) is 19.7 Å². The number of nitrogens with one attached hydrogen (secondary N) is 1. The number of hydrogen-bond acceptors (Lipinski definition) is 6. The molecule has 0 heterocycles. The zero-order valence-corrected chi connectivity index (χ0v) is 17.1. The molecule has 0 aromatic heterocycles. The summed E-state index contributed by atoms with van der Waals surface area (Å²) in [5.74, 6) is -0.214. The lowest BCUT2D eigenvalue weighted by Gasteiger charge is -2.35. The number of nitro benzene ring substituents is 1. The molecule has 28 heavy (non-hydrogen) atoms. The number of esters is 1. The molecule has 1 amide bonds. The van der Waals surface area contributed by atoms with E-state index in [1.54, 1.807) is 19.0 Å². The zero-order chi connectivity index (χ0) is 21.0. The molecule has 0 unspecified atom stereocenters. The number of carbonyl (C=O) groups is 2. The Kier molecular flexibility index (Phi) is 6.99. The van der Waals surface area contributed by atoms with Gasteiger partial charge in [-0.25, -0.2) is 4.79 Å². The van der Waals surface area contributed by atoms with Gasteiger partial charge in [-0.05, 0) is 37.3 Å². The van der Waals surface area contributed by atoms with E-state index in [0.717, 1.165) is 19.3 Å². The van der Waals surface area contributed by atoms with Gasteiger partial charge in [-0.3, -0.25) is 14.9 Å². The summed E-state index contributed by atoms with van der Waals surface area (Å²) in [5.41, 5.74) is 0.228. The number of anilines is 1. The fourth-order valence-corrected chi connectivity index (χ4v) is 3.54. The van der Waals surface area contributed by atoms with Crippen molar-refractivity contribution in [1.29, 1.82) is 0 Å². The third kappa shape index (κ3) is 4.99. The van der Waals surface area contributed by atoms with Gasteiger partial charge in [0.2, 0.25) is 0 Å². The molecule has 0 aliphatic heterocycles. The van der Waals surface area contributed by atoms with Gasteiger partial charge in [-0.2, -0.15) is 0 Å². The van der Waals surface area contributed by atoms with Crippen molar-refractivity contribution >= 4 is 23.3 Å². The second-order valence-electron chi connectivity index (χ2n) is 7.78. The van der Waals surface area contributed by atoms with Crippen LogP contribution in [0, 0.1) is 22.0 Å². The van der Waals surface area contributed by atoms with Crippen molar-refractivity contribution in [2.45, 2.75) is 52.2 Å². The van der Waals surface area contributed by atoms with Crippen molar-refractivity contribution in [1.82, 2.24) is 5.32 Å². The second kappa shape index (κ2) is 9.03. The van der Waals surface area contributed by atoms with Crippen molar-refractivity contribution in [2.75, 3.05) is 19.0 Å². The smallest absolute Gasteiger partial charge is 0.339 e. The Labute approximate surface area is 165 Å². The number of amides is 1. The van der Waals surface area contributed by atoms with Crippen LogP contribution in [-0.2, 0) is 9.53 Å². The summed E-state index contributed by atoms with van der Waals surface area (Å²) in [6, 6.07) is 4.19. The van der Waals surface area contributed by atoms with E-state index in [0.29, 0.717) is 17.5 Å². The molecule has 154 valence electrons. The van der Waals surface area contributed by atoms with E-state index in [1.807, 2.05) is 0 Å². The van der Waals surface area contributed by atoms with Crippen LogP contribution in [0.25, 0.3) is 0 Å². The Bertz CT molecular complexity index is 749. The first-order valence-corrected chi connectivity index (χ1v) is 9.59. The van der Waals surface area contributed by atoms with Crippen molar-refractivity contribution in [3.63, 3.8) is 0 Å². The van der Waals surface area contributed by atoms with E-state index in [4.69, 9.17) is 4.74 Å². The summed E-state index contributed by atoms with van der Waals surface area (Å²) in [6.45, 7) is 5.81. The van der Waals surface area contributed by atoms with Gasteiger partial charge in [-0.1, -0.05) is 26.7 Å². The Hall–Kier alpha value is -2.64. The monoisotopic (exact) mass is 391 g/mol. The molecular formula is C20H29N3O5. The standard InChI is InChI=1S/C20H29N3O5/c1-12-7-6-8-16(13(12)2)21-19(24)14(3)28-20(25)15-9-10-17(22(4)5)18(11-15)23(26)27/h9-14,16H,6-8H2,1-5H3,(H,21,24)/t12-,13-,14-,16+/m1/s1. The predicted octanol–water partition coefficient (Wildman–Crippen LogP) is 3.15. The molecule has 0 saturated heterocycles. The van der Waals surface area contributed by atoms with Gasteiger partial charge in [0.25, 0.3) is 11.6 Å². The number of carbonyl (C=O) groups excluding carboxylic acids is 2. The summed E-state index contributed by atoms with van der Waals surface area (Å²) >= 11 is 0. The normalized spacial score (nSPS) is 22.8. The van der Waals surface area contributed by atoms with Gasteiger partial charge in [0.1, 0.15) is 5.69 Å². The van der Waals surface area contributed by atoms with Crippen molar-refractivity contribution in [2.24, 2.45) is 11.8 Å². The molecule has 0 bridgehead atoms. The summed E-state index contributed by atoms with van der Waals surface area (Å²) in [7, 11) is 3.36. The molecule has 4 atom stereocenters. The molecule has 1 N–H and O–H groups in total. The highest BCUT2D eigenvalue weighted by atomic mass is 16.6. The number of benzene rings is 1. The van der Waals surface area contributed by atoms with Crippen molar-refractivity contribution in [3.8, 4) is 0 Å². The van der Waals surface area contributed by atoms with E-state index >= 15 is 0 Å². The number of nitrogens with zero attached hydrogens (tertiary/aromatic N) is 2. The lowest BCUT2D eigenvalue weighted by Crippen LogP contribution is -2.47. The minimum atomic E-state index is -0.982. The van der Waals surface area contributed by atoms with Crippen LogP contribution >= 0.6 is 0 Å². The van der Waals surface area contributed by atoms with Crippen LogP contribution in [-0.4, -0.2) is 43.0 Å². The molecule has 0 spiro atoms. The third-order valence-electron chi connectivity index (χ3n) is 5.58. The largest absolute Gasteiger partial charge is 0.449 e. The highest BCUT2D eigenvalue weighted by Gasteiger charge is 2.30. The zero-order valence-electron chi connectivity index (χ0n) is 17.1. The highest BCUT2D eigenvalue weighted by molar-refractivity contribution is 5.93. The van der Waals surface area contributed by atoms with Crippen LogP contribution in [0.5, 0.6) is 0 Å². The summed E-state index contributed by atoms with van der Waals surface area (Å²) in [4.78, 5) is 37.1. The Morgan fingerprint density at radius 1 is 1.29 bits per heavy atom. The van der Waals surface area contributed by atoms with E-state index < -0.39 is 17.0 Å². The first-order valence-electron chi connectivity index (χ1n) is 9.59. The molecule has 1 fully saturated rings. The van der Waals surface area contributed by atoms with Gasteiger partial charge < -0.3 is 15.0 Å². The van der Waals surface area contributed by atoms with Crippen LogP contribution in [0.15, 0.2) is 18.2 Å². The maximum Gasteiger partial charge on any atom is 0.339 e. The minimum absolute atomic E-state index is 0.0385. The maximum absolute atomic E-state index is 12.4. The van der Waals surface area contributed by atoms with Crippen LogP contribution in [0.2, 0.25) is 0 Å². The summed E-state index contributed by atoms with van der Waals surface area (Å²) in [6.07, 6.45) is 2.15. The molecule has 1 aliphatic rings. The number of nitro groups is 1. The molecule has 2 rings (SSSR count). The summed E-state index contributed by atoms with van der Waals surface area (Å²) < 4.78 is 5.25. The molecular weight excluding hydrogens is 362 g/mol. The topological polar surface area (TPSA) is 102 Å². The molecule has 1 aliphatic carbocycles. The molecule has 1 saturated carbocycles. The quantitative estimate of drug-likeness (QED) is 0.454. The lowest BCUT2D eigenvalue weighted by molar-refractivity contribution is -0.384. The van der Waals surface area contributed by atoms with Gasteiger partial charge in [0.05, 0.1) is 10.5 Å². The predicted molar refractivity (Wildman–Crippen MR) is 106 cm³/mol. The Balaban J connectivity index is 2.04. The van der Waals surface area contributed by atoms with Crippen molar-refractivity contribution < 1.29 is 19.2 Å². The minimum Gasteiger partial charge on any atom is -0.449 e. The SMILES string of the molecule is C[C@@H]1[C@H](C)CCC[C@@H]1NC(=O)[C@@H](C)OC(=O)c1ccc(N(C)C)c([N+](=O)[O-])c1. The van der Waals surface area contributed by atoms with E-state index in [-0.39, 0.29) is 23.2 Å². The first kappa shape index (κ1) is 21.7. The Morgan fingerprint density at radius 3 is 2.57 bits per heavy atom. The number of ether oxygens (including phenoxy) is 1. The van der Waals surface area contributed by atoms with Crippen LogP contribution in [0.3, 0.4) is 0 Å². The number of rotatable bonds is 6. The fourth-order valence-electron chi connectivity index (χ4n) is 3.54. The van der Waals surface area contributed by atoms with Crippen molar-refractivity contribution in [3.05, 3.63) is 33.9 Å². The molecule has 1 aromatic rings. The number of hydrogen-bond donors (Lipinski definition) is 1. The second-order valence-corrected chi connectivity index (χ2v) is 7.78. The van der Waals surface area contributed by atoms with Crippen LogP contribution in [0.1, 0.15) is 50.4 Å². The average Bonchev–Trinajstić information content (AvgIpc) is 2.64. The van der Waals surface area contributed by atoms with Crippen LogP contribution < -0.4 is 10.2 Å². The van der Waals surface area contributed by atoms with Gasteiger partial charge in [0, 0.05) is 26.2 Å². The van der Waals surface area contributed by atoms with E-state index in [1.165, 1.54) is 25.1 Å². The van der Waals surface area contributed by atoms with E-state index in [2.05, 4.69) is 19.2 Å². The maximum atomic E-state index is 12.4. The average molecular weight is 391 g/mol. The molecule has 1 aromatic carbocycles. The van der Waals surface area contributed by atoms with Gasteiger partial charge in [-0.15, -0.1) is 0 Å². The Morgan fingerprint density at radius 2 is 1.96 bits per heavy atom. The van der Waals surface area contributed by atoms with Gasteiger partial charge >= 0.3 is 5.97 Å². The molecule has 8 heteroatoms. The van der Waals surface area contributed by atoms with Crippen LogP contribution in [0.4, 0.5) is 11.4 Å². The van der Waals surface area contributed by atoms with Gasteiger partial charge in [0.15, 0.2) is 6.10 Å². The molecule has 0 radical (unpaired) electrons. The fraction of sp³-hybridized carbons (Fsp3) is 0.600. The summed E-state index contributed by atoms with van der Waals surface area (Å²) in [5, 5.41) is 14.3. The lowest BCUT2D eigenvalue weighted by atomic mass is 9.78.